The van der Waals surface area contributed by atoms with Crippen LogP contribution < -0.4 is 20.5 Å². The first-order valence-corrected chi connectivity index (χ1v) is 7.57. The Hall–Kier alpha value is -1.99. The lowest BCUT2D eigenvalue weighted by Crippen LogP contribution is -2.31. The van der Waals surface area contributed by atoms with Gasteiger partial charge < -0.3 is 25.3 Å². The maximum absolute atomic E-state index is 12.2. The predicted molar refractivity (Wildman–Crippen MR) is 84.0 cm³/mol. The highest BCUT2D eigenvalue weighted by Gasteiger charge is 2.19. The largest absolute Gasteiger partial charge is 0.493 e. The van der Waals surface area contributed by atoms with Gasteiger partial charge in [-0.3, -0.25) is 9.59 Å². The van der Waals surface area contributed by atoms with Crippen LogP contribution in [0, 0.1) is 0 Å². The Balaban J connectivity index is 2.07. The van der Waals surface area contributed by atoms with E-state index in [1.165, 1.54) is 19.2 Å². The number of carbonyl (C=O) groups is 2. The summed E-state index contributed by atoms with van der Waals surface area (Å²) in [6.45, 7) is 0.839. The molecule has 1 aromatic carbocycles. The average molecular weight is 343 g/mol. The van der Waals surface area contributed by atoms with Crippen molar-refractivity contribution in [1.82, 2.24) is 5.32 Å². The van der Waals surface area contributed by atoms with Crippen molar-refractivity contribution >= 4 is 23.4 Å². The number of methoxy groups -OCH3 is 1. The topological polar surface area (TPSA) is 99.9 Å². The number of benzene rings is 1. The Morgan fingerprint density at radius 1 is 1.48 bits per heavy atom. The average Bonchev–Trinajstić information content (AvgIpc) is 3.03. The standard InChI is InChI=1S/C15H19ClN2O5/c1-21-12-6-9(5-11(16)14(12)23-8-13(17)19)15(20)18-7-10-3-2-4-22-10/h5-6,10H,2-4,7-8H2,1H3,(H2,17,19)(H,18,20). The van der Waals surface area contributed by atoms with Crippen molar-refractivity contribution in [1.29, 1.82) is 0 Å². The van der Waals surface area contributed by atoms with Crippen molar-refractivity contribution in [3.63, 3.8) is 0 Å². The predicted octanol–water partition coefficient (Wildman–Crippen LogP) is 1.12. The van der Waals surface area contributed by atoms with Crippen LogP contribution >= 0.6 is 11.6 Å². The molecule has 3 N–H and O–H groups in total. The van der Waals surface area contributed by atoms with Crippen molar-refractivity contribution in [2.75, 3.05) is 26.9 Å². The monoisotopic (exact) mass is 342 g/mol. The number of rotatable bonds is 7. The smallest absolute Gasteiger partial charge is 0.255 e. The first-order chi connectivity index (χ1) is 11.0. The van der Waals surface area contributed by atoms with Crippen LogP contribution in [0.5, 0.6) is 11.5 Å². The number of nitrogens with one attached hydrogen (secondary N) is 1. The second-order valence-corrected chi connectivity index (χ2v) is 5.50. The van der Waals surface area contributed by atoms with Gasteiger partial charge in [0.05, 0.1) is 18.2 Å². The van der Waals surface area contributed by atoms with E-state index >= 15 is 0 Å². The molecule has 1 fully saturated rings. The summed E-state index contributed by atoms with van der Waals surface area (Å²) in [5.74, 6) is -0.506. The normalized spacial score (nSPS) is 16.9. The zero-order chi connectivity index (χ0) is 16.8. The van der Waals surface area contributed by atoms with Crippen molar-refractivity contribution in [3.05, 3.63) is 22.7 Å². The van der Waals surface area contributed by atoms with Crippen LogP contribution in [0.3, 0.4) is 0 Å². The highest BCUT2D eigenvalue weighted by molar-refractivity contribution is 6.32. The van der Waals surface area contributed by atoms with E-state index in [-0.39, 0.29) is 35.1 Å². The quantitative estimate of drug-likeness (QED) is 0.773. The Morgan fingerprint density at radius 3 is 2.87 bits per heavy atom. The Morgan fingerprint density at radius 2 is 2.26 bits per heavy atom. The number of hydrogen-bond acceptors (Lipinski definition) is 5. The second-order valence-electron chi connectivity index (χ2n) is 5.09. The van der Waals surface area contributed by atoms with E-state index in [0.29, 0.717) is 12.1 Å². The zero-order valence-corrected chi connectivity index (χ0v) is 13.5. The summed E-state index contributed by atoms with van der Waals surface area (Å²) < 4.78 is 15.8. The number of hydrogen-bond donors (Lipinski definition) is 2. The van der Waals surface area contributed by atoms with Crippen molar-refractivity contribution in [2.24, 2.45) is 5.73 Å². The number of amides is 2. The maximum Gasteiger partial charge on any atom is 0.255 e. The lowest BCUT2D eigenvalue weighted by Gasteiger charge is -2.14. The molecule has 0 spiro atoms. The van der Waals surface area contributed by atoms with Gasteiger partial charge >= 0.3 is 0 Å². The number of nitrogens with two attached hydrogens (primary N) is 1. The number of carbonyl (C=O) groups excluding carboxylic acids is 2. The molecule has 1 atom stereocenters. The molecule has 1 aromatic rings. The van der Waals surface area contributed by atoms with Gasteiger partial charge in [-0.25, -0.2) is 0 Å². The molecule has 0 radical (unpaired) electrons. The number of ether oxygens (including phenoxy) is 3. The molecular formula is C15H19ClN2O5. The molecule has 1 aliphatic rings. The third-order valence-corrected chi connectivity index (χ3v) is 3.65. The van der Waals surface area contributed by atoms with E-state index in [2.05, 4.69) is 5.32 Å². The van der Waals surface area contributed by atoms with Crippen LogP contribution in [0.1, 0.15) is 23.2 Å². The van der Waals surface area contributed by atoms with E-state index in [1.54, 1.807) is 0 Å². The SMILES string of the molecule is COc1cc(C(=O)NCC2CCCO2)cc(Cl)c1OCC(N)=O. The molecule has 0 bridgehead atoms. The van der Waals surface area contributed by atoms with Gasteiger partial charge in [-0.1, -0.05) is 11.6 Å². The van der Waals surface area contributed by atoms with Crippen molar-refractivity contribution < 1.29 is 23.8 Å². The van der Waals surface area contributed by atoms with Crippen LogP contribution in [0.15, 0.2) is 12.1 Å². The van der Waals surface area contributed by atoms with Crippen molar-refractivity contribution in [2.45, 2.75) is 18.9 Å². The van der Waals surface area contributed by atoms with Crippen LogP contribution in [0.2, 0.25) is 5.02 Å². The van der Waals surface area contributed by atoms with Gasteiger partial charge in [-0.05, 0) is 25.0 Å². The lowest BCUT2D eigenvalue weighted by molar-refractivity contribution is -0.119. The van der Waals surface area contributed by atoms with E-state index in [4.69, 9.17) is 31.5 Å². The van der Waals surface area contributed by atoms with Gasteiger partial charge in [0, 0.05) is 18.7 Å². The summed E-state index contributed by atoms with van der Waals surface area (Å²) in [7, 11) is 1.41. The molecular weight excluding hydrogens is 324 g/mol. The van der Waals surface area contributed by atoms with Crippen molar-refractivity contribution in [3.8, 4) is 11.5 Å². The molecule has 23 heavy (non-hydrogen) atoms. The molecule has 0 aromatic heterocycles. The van der Waals surface area contributed by atoms with Crippen LogP contribution in [0.4, 0.5) is 0 Å². The fourth-order valence-corrected chi connectivity index (χ4v) is 2.51. The molecule has 1 aliphatic heterocycles. The fraction of sp³-hybridized carbons (Fsp3) is 0.467. The van der Waals surface area contributed by atoms with Crippen LogP contribution in [0.25, 0.3) is 0 Å². The first-order valence-electron chi connectivity index (χ1n) is 7.19. The summed E-state index contributed by atoms with van der Waals surface area (Å²) in [6, 6.07) is 2.94. The van der Waals surface area contributed by atoms with Gasteiger partial charge in [0.25, 0.3) is 11.8 Å². The molecule has 1 heterocycles. The van der Waals surface area contributed by atoms with E-state index in [0.717, 1.165) is 19.4 Å². The third-order valence-electron chi connectivity index (χ3n) is 3.36. The number of primary amides is 1. The van der Waals surface area contributed by atoms with Gasteiger partial charge in [-0.15, -0.1) is 0 Å². The molecule has 7 nitrogen and oxygen atoms in total. The van der Waals surface area contributed by atoms with E-state index in [9.17, 15) is 9.59 Å². The Kier molecular flexibility index (Phi) is 6.06. The maximum atomic E-state index is 12.2. The van der Waals surface area contributed by atoms with Gasteiger partial charge in [-0.2, -0.15) is 0 Å². The molecule has 0 aliphatic carbocycles. The molecule has 8 heteroatoms. The molecule has 2 rings (SSSR count). The summed E-state index contributed by atoms with van der Waals surface area (Å²) >= 11 is 6.11. The molecule has 126 valence electrons. The molecule has 1 unspecified atom stereocenters. The minimum absolute atomic E-state index is 0.0505. The van der Waals surface area contributed by atoms with Gasteiger partial charge in [0.15, 0.2) is 18.1 Å². The zero-order valence-electron chi connectivity index (χ0n) is 12.8. The molecule has 0 saturated carbocycles. The minimum atomic E-state index is -0.637. The lowest BCUT2D eigenvalue weighted by atomic mass is 10.1. The Bertz CT molecular complexity index is 587. The van der Waals surface area contributed by atoms with Gasteiger partial charge in [0.1, 0.15) is 0 Å². The molecule has 1 saturated heterocycles. The summed E-state index contributed by atoms with van der Waals surface area (Å²) in [4.78, 5) is 23.0. The summed E-state index contributed by atoms with van der Waals surface area (Å²) in [5.41, 5.74) is 5.37. The van der Waals surface area contributed by atoms with E-state index in [1.807, 2.05) is 0 Å². The van der Waals surface area contributed by atoms with Crippen LogP contribution in [-0.4, -0.2) is 44.8 Å². The highest BCUT2D eigenvalue weighted by Crippen LogP contribution is 2.36. The van der Waals surface area contributed by atoms with Crippen LogP contribution in [-0.2, 0) is 9.53 Å². The first kappa shape index (κ1) is 17.4. The van der Waals surface area contributed by atoms with E-state index < -0.39 is 5.91 Å². The highest BCUT2D eigenvalue weighted by atomic mass is 35.5. The third kappa shape index (κ3) is 4.74. The molecule has 2 amide bonds. The number of halogens is 1. The Labute approximate surface area is 139 Å². The fourth-order valence-electron chi connectivity index (χ4n) is 2.25. The summed E-state index contributed by atoms with van der Waals surface area (Å²) in [6.07, 6.45) is 1.99. The summed E-state index contributed by atoms with van der Waals surface area (Å²) in [5, 5.41) is 2.96. The minimum Gasteiger partial charge on any atom is -0.493 e. The second kappa shape index (κ2) is 8.03. The van der Waals surface area contributed by atoms with Gasteiger partial charge in [0.2, 0.25) is 0 Å².